The lowest BCUT2D eigenvalue weighted by Gasteiger charge is -2.30. The number of nitrogens with one attached hydrogen (secondary N) is 1. The van der Waals surface area contributed by atoms with E-state index in [4.69, 9.17) is 9.84 Å². The van der Waals surface area contributed by atoms with Crippen molar-refractivity contribution in [2.24, 2.45) is 5.92 Å². The molecule has 1 heterocycles. The Kier molecular flexibility index (Phi) is 5.36. The van der Waals surface area contributed by atoms with Crippen LogP contribution in [0.15, 0.2) is 48.5 Å². The van der Waals surface area contributed by atoms with E-state index in [0.29, 0.717) is 37.4 Å². The molecule has 0 radical (unpaired) electrons. The SMILES string of the molecule is O=C(O)C1CCN(C(=O)Nc2cc(F)ccc2Oc2ccccc2)CC1. The van der Waals surface area contributed by atoms with Crippen LogP contribution in [0.4, 0.5) is 14.9 Å². The summed E-state index contributed by atoms with van der Waals surface area (Å²) in [6, 6.07) is 12.5. The summed E-state index contributed by atoms with van der Waals surface area (Å²) in [6.45, 7) is 0.681. The second-order valence-electron chi connectivity index (χ2n) is 6.09. The van der Waals surface area contributed by atoms with Gasteiger partial charge in [0.25, 0.3) is 0 Å². The molecule has 7 heteroatoms. The molecule has 136 valence electrons. The third-order valence-electron chi connectivity index (χ3n) is 4.29. The Morgan fingerprint density at radius 1 is 1.12 bits per heavy atom. The molecule has 26 heavy (non-hydrogen) atoms. The van der Waals surface area contributed by atoms with Crippen molar-refractivity contribution < 1.29 is 23.8 Å². The predicted octanol–water partition coefficient (Wildman–Crippen LogP) is 3.95. The van der Waals surface area contributed by atoms with Crippen LogP contribution in [0.1, 0.15) is 12.8 Å². The molecule has 0 saturated carbocycles. The number of piperidine rings is 1. The number of rotatable bonds is 4. The summed E-state index contributed by atoms with van der Waals surface area (Å²) in [5, 5.41) is 11.7. The molecular formula is C19H19FN2O4. The Bertz CT molecular complexity index is 789. The summed E-state index contributed by atoms with van der Waals surface area (Å²) < 4.78 is 19.4. The fourth-order valence-electron chi connectivity index (χ4n) is 2.83. The molecule has 0 aromatic heterocycles. The highest BCUT2D eigenvalue weighted by Crippen LogP contribution is 2.30. The fraction of sp³-hybridized carbons (Fsp3) is 0.263. The number of hydrogen-bond acceptors (Lipinski definition) is 3. The van der Waals surface area contributed by atoms with Crippen molar-refractivity contribution in [2.45, 2.75) is 12.8 Å². The van der Waals surface area contributed by atoms with E-state index >= 15 is 0 Å². The van der Waals surface area contributed by atoms with Crippen LogP contribution >= 0.6 is 0 Å². The number of anilines is 1. The zero-order chi connectivity index (χ0) is 18.5. The second-order valence-corrected chi connectivity index (χ2v) is 6.09. The molecular weight excluding hydrogens is 339 g/mol. The number of nitrogens with zero attached hydrogens (tertiary/aromatic N) is 1. The van der Waals surface area contributed by atoms with Gasteiger partial charge in [0.2, 0.25) is 0 Å². The first-order valence-electron chi connectivity index (χ1n) is 8.34. The number of halogens is 1. The lowest BCUT2D eigenvalue weighted by Crippen LogP contribution is -2.42. The summed E-state index contributed by atoms with van der Waals surface area (Å²) in [4.78, 5) is 25.0. The van der Waals surface area contributed by atoms with Crippen LogP contribution < -0.4 is 10.1 Å². The van der Waals surface area contributed by atoms with E-state index in [0.717, 1.165) is 0 Å². The van der Waals surface area contributed by atoms with E-state index in [1.165, 1.54) is 23.1 Å². The zero-order valence-corrected chi connectivity index (χ0v) is 14.0. The first kappa shape index (κ1) is 17.7. The van der Waals surface area contributed by atoms with Gasteiger partial charge in [-0.3, -0.25) is 4.79 Å². The van der Waals surface area contributed by atoms with Crippen LogP contribution in [0.5, 0.6) is 11.5 Å². The number of amides is 2. The van der Waals surface area contributed by atoms with Crippen LogP contribution in [0.3, 0.4) is 0 Å². The van der Waals surface area contributed by atoms with Gasteiger partial charge in [0.15, 0.2) is 5.75 Å². The Balaban J connectivity index is 1.70. The minimum Gasteiger partial charge on any atom is -0.481 e. The Labute approximate surface area is 150 Å². The van der Waals surface area contributed by atoms with E-state index < -0.39 is 23.7 Å². The van der Waals surface area contributed by atoms with E-state index in [1.54, 1.807) is 12.1 Å². The topological polar surface area (TPSA) is 78.9 Å². The quantitative estimate of drug-likeness (QED) is 0.867. The van der Waals surface area contributed by atoms with Gasteiger partial charge in [-0.15, -0.1) is 0 Å². The molecule has 0 bridgehead atoms. The van der Waals surface area contributed by atoms with E-state index in [1.807, 2.05) is 18.2 Å². The minimum atomic E-state index is -0.839. The van der Waals surface area contributed by atoms with E-state index in [-0.39, 0.29) is 5.69 Å². The van der Waals surface area contributed by atoms with Crippen molar-refractivity contribution in [1.82, 2.24) is 4.90 Å². The van der Waals surface area contributed by atoms with Gasteiger partial charge in [0.1, 0.15) is 11.6 Å². The highest BCUT2D eigenvalue weighted by molar-refractivity contribution is 5.91. The first-order chi connectivity index (χ1) is 12.5. The molecule has 2 N–H and O–H groups in total. The van der Waals surface area contributed by atoms with E-state index in [9.17, 15) is 14.0 Å². The molecule has 2 aromatic rings. The lowest BCUT2D eigenvalue weighted by atomic mass is 9.97. The van der Waals surface area contributed by atoms with Gasteiger partial charge in [0, 0.05) is 19.2 Å². The number of hydrogen-bond donors (Lipinski definition) is 2. The number of para-hydroxylation sites is 1. The van der Waals surface area contributed by atoms with Gasteiger partial charge in [0.05, 0.1) is 11.6 Å². The number of ether oxygens (including phenoxy) is 1. The maximum Gasteiger partial charge on any atom is 0.321 e. The minimum absolute atomic E-state index is 0.221. The molecule has 6 nitrogen and oxygen atoms in total. The number of urea groups is 1. The average molecular weight is 358 g/mol. The largest absolute Gasteiger partial charge is 0.481 e. The number of carboxylic acid groups (broad SMARTS) is 1. The van der Waals surface area contributed by atoms with Crippen molar-refractivity contribution in [2.75, 3.05) is 18.4 Å². The highest BCUT2D eigenvalue weighted by atomic mass is 19.1. The number of carbonyl (C=O) groups is 2. The molecule has 0 unspecified atom stereocenters. The molecule has 1 aliphatic heterocycles. The lowest BCUT2D eigenvalue weighted by molar-refractivity contribution is -0.143. The standard InChI is InChI=1S/C19H19FN2O4/c20-14-6-7-17(26-15-4-2-1-3-5-15)16(12-14)21-19(25)22-10-8-13(9-11-22)18(23)24/h1-7,12-13H,8-11H2,(H,21,25)(H,23,24). The summed E-state index contributed by atoms with van der Waals surface area (Å²) in [5.74, 6) is -0.868. The van der Waals surface area contributed by atoms with Crippen molar-refractivity contribution in [3.05, 3.63) is 54.3 Å². The molecule has 1 aliphatic rings. The van der Waals surface area contributed by atoms with Crippen molar-refractivity contribution in [3.8, 4) is 11.5 Å². The van der Waals surface area contributed by atoms with Gasteiger partial charge in [-0.25, -0.2) is 9.18 Å². The van der Waals surface area contributed by atoms with Crippen molar-refractivity contribution in [3.63, 3.8) is 0 Å². The Morgan fingerprint density at radius 2 is 1.81 bits per heavy atom. The maximum absolute atomic E-state index is 13.6. The van der Waals surface area contributed by atoms with Gasteiger partial charge in [-0.1, -0.05) is 18.2 Å². The van der Waals surface area contributed by atoms with Crippen LogP contribution in [0.2, 0.25) is 0 Å². The molecule has 3 rings (SSSR count). The van der Waals surface area contributed by atoms with Crippen LogP contribution in [0.25, 0.3) is 0 Å². The summed E-state index contributed by atoms with van der Waals surface area (Å²) in [7, 11) is 0. The average Bonchev–Trinajstić information content (AvgIpc) is 2.65. The molecule has 0 spiro atoms. The monoisotopic (exact) mass is 358 g/mol. The fourth-order valence-corrected chi connectivity index (χ4v) is 2.83. The maximum atomic E-state index is 13.6. The number of carboxylic acids is 1. The predicted molar refractivity (Wildman–Crippen MR) is 93.9 cm³/mol. The number of carbonyl (C=O) groups excluding carboxylic acids is 1. The van der Waals surface area contributed by atoms with Crippen LogP contribution in [-0.4, -0.2) is 35.1 Å². The number of likely N-dealkylation sites (tertiary alicyclic amines) is 1. The Morgan fingerprint density at radius 3 is 2.46 bits per heavy atom. The third kappa shape index (κ3) is 4.30. The zero-order valence-electron chi connectivity index (χ0n) is 14.0. The first-order valence-corrected chi connectivity index (χ1v) is 8.34. The van der Waals surface area contributed by atoms with Crippen LogP contribution in [0, 0.1) is 11.7 Å². The normalized spacial score (nSPS) is 14.7. The van der Waals surface area contributed by atoms with Gasteiger partial charge in [-0.2, -0.15) is 0 Å². The molecule has 2 amide bonds. The molecule has 1 saturated heterocycles. The molecule has 0 aliphatic carbocycles. The van der Waals surface area contributed by atoms with Crippen molar-refractivity contribution >= 4 is 17.7 Å². The van der Waals surface area contributed by atoms with Gasteiger partial charge in [-0.05, 0) is 37.1 Å². The number of aliphatic carboxylic acids is 1. The molecule has 0 atom stereocenters. The smallest absolute Gasteiger partial charge is 0.321 e. The third-order valence-corrected chi connectivity index (χ3v) is 4.29. The summed E-state index contributed by atoms with van der Waals surface area (Å²) >= 11 is 0. The van der Waals surface area contributed by atoms with Gasteiger partial charge < -0.3 is 20.1 Å². The molecule has 2 aromatic carbocycles. The van der Waals surface area contributed by atoms with Gasteiger partial charge >= 0.3 is 12.0 Å². The Hall–Kier alpha value is -3.09. The molecule has 1 fully saturated rings. The highest BCUT2D eigenvalue weighted by Gasteiger charge is 2.27. The van der Waals surface area contributed by atoms with Crippen LogP contribution in [-0.2, 0) is 4.79 Å². The summed E-state index contributed by atoms with van der Waals surface area (Å²) in [5.41, 5.74) is 0.221. The number of benzene rings is 2. The van der Waals surface area contributed by atoms with E-state index in [2.05, 4.69) is 5.32 Å². The summed E-state index contributed by atoms with van der Waals surface area (Å²) in [6.07, 6.45) is 0.804. The van der Waals surface area contributed by atoms with Crippen molar-refractivity contribution in [1.29, 1.82) is 0 Å². The second kappa shape index (κ2) is 7.86.